The molecule has 0 fully saturated rings. The van der Waals surface area contributed by atoms with E-state index in [2.05, 4.69) is 4.72 Å². The standard InChI is InChI=1S/C13H21N3O4S/c1-4-13(5-2,9-14)15-21(19,20)11-7-6-10(3)12(8-11)16(17)18/h6-8,15H,4-5,9,14H2,1-3H3. The number of nitrogens with one attached hydrogen (secondary N) is 1. The molecule has 0 radical (unpaired) electrons. The van der Waals surface area contributed by atoms with Crippen LogP contribution in [0.4, 0.5) is 5.69 Å². The van der Waals surface area contributed by atoms with Crippen LogP contribution in [0.25, 0.3) is 0 Å². The van der Waals surface area contributed by atoms with Gasteiger partial charge in [0.2, 0.25) is 10.0 Å². The van der Waals surface area contributed by atoms with Gasteiger partial charge in [-0.25, -0.2) is 13.1 Å². The molecular weight excluding hydrogens is 294 g/mol. The molecule has 21 heavy (non-hydrogen) atoms. The zero-order chi connectivity index (χ0) is 16.3. The second-order valence-corrected chi connectivity index (χ2v) is 6.68. The summed E-state index contributed by atoms with van der Waals surface area (Å²) >= 11 is 0. The van der Waals surface area contributed by atoms with Crippen LogP contribution in [0.2, 0.25) is 0 Å². The first kappa shape index (κ1) is 17.5. The molecule has 0 saturated carbocycles. The van der Waals surface area contributed by atoms with E-state index in [0.717, 1.165) is 6.07 Å². The Bertz CT molecular complexity index is 616. The van der Waals surface area contributed by atoms with E-state index >= 15 is 0 Å². The Hall–Kier alpha value is -1.51. The smallest absolute Gasteiger partial charge is 0.273 e. The number of nitro groups is 1. The maximum Gasteiger partial charge on any atom is 0.273 e. The van der Waals surface area contributed by atoms with Crippen LogP contribution in [0.5, 0.6) is 0 Å². The van der Waals surface area contributed by atoms with Gasteiger partial charge in [0.25, 0.3) is 5.69 Å². The molecule has 0 spiro atoms. The lowest BCUT2D eigenvalue weighted by Crippen LogP contribution is -2.52. The highest BCUT2D eigenvalue weighted by Gasteiger charge is 2.31. The van der Waals surface area contributed by atoms with Crippen molar-refractivity contribution < 1.29 is 13.3 Å². The first-order valence-electron chi connectivity index (χ1n) is 6.70. The van der Waals surface area contributed by atoms with Gasteiger partial charge in [0.05, 0.1) is 9.82 Å². The van der Waals surface area contributed by atoms with E-state index in [0.29, 0.717) is 18.4 Å². The van der Waals surface area contributed by atoms with Crippen molar-refractivity contribution in [3.8, 4) is 0 Å². The summed E-state index contributed by atoms with van der Waals surface area (Å²) in [4.78, 5) is 10.2. The van der Waals surface area contributed by atoms with E-state index in [9.17, 15) is 18.5 Å². The molecule has 7 nitrogen and oxygen atoms in total. The molecule has 0 aromatic heterocycles. The van der Waals surface area contributed by atoms with Crippen LogP contribution in [-0.4, -0.2) is 25.4 Å². The minimum atomic E-state index is -3.86. The van der Waals surface area contributed by atoms with Crippen LogP contribution in [0.15, 0.2) is 23.1 Å². The van der Waals surface area contributed by atoms with Gasteiger partial charge < -0.3 is 5.73 Å². The van der Waals surface area contributed by atoms with Crippen molar-refractivity contribution in [3.63, 3.8) is 0 Å². The molecule has 0 aliphatic heterocycles. The lowest BCUT2D eigenvalue weighted by Gasteiger charge is -2.30. The van der Waals surface area contributed by atoms with E-state index in [1.165, 1.54) is 12.1 Å². The van der Waals surface area contributed by atoms with Crippen molar-refractivity contribution in [1.29, 1.82) is 0 Å². The maximum atomic E-state index is 12.4. The van der Waals surface area contributed by atoms with Gasteiger partial charge in [-0.1, -0.05) is 19.9 Å². The van der Waals surface area contributed by atoms with Crippen LogP contribution < -0.4 is 10.5 Å². The number of nitrogens with two attached hydrogens (primary N) is 1. The lowest BCUT2D eigenvalue weighted by molar-refractivity contribution is -0.385. The SMILES string of the molecule is CCC(CC)(CN)NS(=O)(=O)c1ccc(C)c([N+](=O)[O-])c1. The third kappa shape index (κ3) is 3.78. The summed E-state index contributed by atoms with van der Waals surface area (Å²) in [5.74, 6) is 0. The van der Waals surface area contributed by atoms with Gasteiger partial charge in [-0.2, -0.15) is 0 Å². The first-order chi connectivity index (χ1) is 9.71. The average Bonchev–Trinajstić information content (AvgIpc) is 2.44. The predicted molar refractivity (Wildman–Crippen MR) is 80.5 cm³/mol. The first-order valence-corrected chi connectivity index (χ1v) is 8.18. The average molecular weight is 315 g/mol. The number of hydrogen-bond donors (Lipinski definition) is 2. The van der Waals surface area contributed by atoms with E-state index < -0.39 is 20.5 Å². The Labute approximate surface area is 124 Å². The van der Waals surface area contributed by atoms with Crippen LogP contribution in [0.1, 0.15) is 32.3 Å². The van der Waals surface area contributed by atoms with Gasteiger partial charge >= 0.3 is 0 Å². The molecule has 0 aliphatic carbocycles. The number of benzene rings is 1. The third-order valence-electron chi connectivity index (χ3n) is 3.78. The number of aryl methyl sites for hydroxylation is 1. The summed E-state index contributed by atoms with van der Waals surface area (Å²) in [7, 11) is -3.86. The molecule has 1 rings (SSSR count). The molecule has 1 aromatic carbocycles. The quantitative estimate of drug-likeness (QED) is 0.587. The number of nitro benzene ring substituents is 1. The molecule has 3 N–H and O–H groups in total. The minimum absolute atomic E-state index is 0.125. The van der Waals surface area contributed by atoms with Gasteiger partial charge in [0, 0.05) is 23.7 Å². The molecule has 0 heterocycles. The van der Waals surface area contributed by atoms with Crippen molar-refractivity contribution >= 4 is 15.7 Å². The van der Waals surface area contributed by atoms with E-state index in [4.69, 9.17) is 5.73 Å². The highest BCUT2D eigenvalue weighted by Crippen LogP contribution is 2.24. The number of rotatable bonds is 7. The fraction of sp³-hybridized carbons (Fsp3) is 0.538. The maximum absolute atomic E-state index is 12.4. The molecule has 0 unspecified atom stereocenters. The highest BCUT2D eigenvalue weighted by molar-refractivity contribution is 7.89. The number of hydrogen-bond acceptors (Lipinski definition) is 5. The Morgan fingerprint density at radius 1 is 1.33 bits per heavy atom. The van der Waals surface area contributed by atoms with Gasteiger partial charge in [-0.05, 0) is 25.8 Å². The van der Waals surface area contributed by atoms with E-state index in [1.807, 2.05) is 13.8 Å². The molecular formula is C13H21N3O4S. The minimum Gasteiger partial charge on any atom is -0.329 e. The van der Waals surface area contributed by atoms with Crippen molar-refractivity contribution in [2.45, 2.75) is 44.0 Å². The summed E-state index contributed by atoms with van der Waals surface area (Å²) in [6, 6.07) is 3.86. The summed E-state index contributed by atoms with van der Waals surface area (Å²) in [6.07, 6.45) is 1.07. The Balaban J connectivity index is 3.26. The van der Waals surface area contributed by atoms with Crippen LogP contribution in [0, 0.1) is 17.0 Å². The van der Waals surface area contributed by atoms with Crippen molar-refractivity contribution in [1.82, 2.24) is 4.72 Å². The second-order valence-electron chi connectivity index (χ2n) is 5.00. The molecule has 0 amide bonds. The number of nitrogens with zero attached hydrogens (tertiary/aromatic N) is 1. The fourth-order valence-electron chi connectivity index (χ4n) is 2.02. The third-order valence-corrected chi connectivity index (χ3v) is 5.36. The molecule has 0 saturated heterocycles. The van der Waals surface area contributed by atoms with Crippen LogP contribution in [0.3, 0.4) is 0 Å². The summed E-state index contributed by atoms with van der Waals surface area (Å²) in [5, 5.41) is 10.9. The highest BCUT2D eigenvalue weighted by atomic mass is 32.2. The summed E-state index contributed by atoms with van der Waals surface area (Å²) < 4.78 is 27.4. The van der Waals surface area contributed by atoms with Crippen molar-refractivity contribution in [2.75, 3.05) is 6.54 Å². The van der Waals surface area contributed by atoms with Crippen molar-refractivity contribution in [2.24, 2.45) is 5.73 Å². The zero-order valence-electron chi connectivity index (χ0n) is 12.4. The molecule has 118 valence electrons. The lowest BCUT2D eigenvalue weighted by atomic mass is 9.95. The van der Waals surface area contributed by atoms with Crippen LogP contribution in [-0.2, 0) is 10.0 Å². The predicted octanol–water partition coefficient (Wildman–Crippen LogP) is 1.70. The van der Waals surface area contributed by atoms with Gasteiger partial charge in [-0.3, -0.25) is 10.1 Å². The van der Waals surface area contributed by atoms with E-state index in [-0.39, 0.29) is 17.1 Å². The van der Waals surface area contributed by atoms with Gasteiger partial charge in [0.15, 0.2) is 0 Å². The molecule has 1 aromatic rings. The van der Waals surface area contributed by atoms with Gasteiger partial charge in [-0.15, -0.1) is 0 Å². The number of sulfonamides is 1. The van der Waals surface area contributed by atoms with Gasteiger partial charge in [0.1, 0.15) is 0 Å². The van der Waals surface area contributed by atoms with E-state index in [1.54, 1.807) is 6.92 Å². The molecule has 0 atom stereocenters. The summed E-state index contributed by atoms with van der Waals surface area (Å²) in [6.45, 7) is 5.41. The fourth-order valence-corrected chi connectivity index (χ4v) is 3.60. The van der Waals surface area contributed by atoms with Crippen LogP contribution >= 0.6 is 0 Å². The Morgan fingerprint density at radius 2 is 1.90 bits per heavy atom. The Kier molecular flexibility index (Phi) is 5.43. The Morgan fingerprint density at radius 3 is 2.33 bits per heavy atom. The zero-order valence-corrected chi connectivity index (χ0v) is 13.2. The second kappa shape index (κ2) is 6.50. The largest absolute Gasteiger partial charge is 0.329 e. The molecule has 8 heteroatoms. The van der Waals surface area contributed by atoms with Crippen molar-refractivity contribution in [3.05, 3.63) is 33.9 Å². The molecule has 0 bridgehead atoms. The molecule has 0 aliphatic rings. The monoisotopic (exact) mass is 315 g/mol. The topological polar surface area (TPSA) is 115 Å². The summed E-state index contributed by atoms with van der Waals surface area (Å²) in [5.41, 5.74) is 5.14. The normalized spacial score (nSPS) is 12.4.